The molecule has 0 aromatic rings. The average molecular weight is 156 g/mol. The lowest BCUT2D eigenvalue weighted by Gasteiger charge is -2.33. The molecule has 62 valence electrons. The van der Waals surface area contributed by atoms with Crippen molar-refractivity contribution in [3.63, 3.8) is 0 Å². The molecule has 4 nitrogen and oxygen atoms in total. The summed E-state index contributed by atoms with van der Waals surface area (Å²) in [6.07, 6.45) is 3.21. The Morgan fingerprint density at radius 1 is 1.64 bits per heavy atom. The highest BCUT2D eigenvalue weighted by Crippen LogP contribution is 2.07. The van der Waals surface area contributed by atoms with Gasteiger partial charge in [0.05, 0.1) is 0 Å². The minimum Gasteiger partial charge on any atom is -0.479 e. The Labute approximate surface area is 65.7 Å². The van der Waals surface area contributed by atoms with Gasteiger partial charge in [0.15, 0.2) is 6.17 Å². The topological polar surface area (TPSA) is 43.8 Å². The molecule has 0 spiro atoms. The normalized spacial score (nSPS) is 25.6. The van der Waals surface area contributed by atoms with Crippen molar-refractivity contribution < 1.29 is 9.90 Å². The molecule has 0 aromatic heterocycles. The SMILES string of the molecule is CN1C=CCN(C)C1C(=O)O. The van der Waals surface area contributed by atoms with Gasteiger partial charge in [0.1, 0.15) is 0 Å². The molecule has 11 heavy (non-hydrogen) atoms. The zero-order valence-corrected chi connectivity index (χ0v) is 6.69. The first-order chi connectivity index (χ1) is 5.13. The lowest BCUT2D eigenvalue weighted by Crippen LogP contribution is -2.50. The predicted molar refractivity (Wildman–Crippen MR) is 41.0 cm³/mol. The molecule has 1 aliphatic heterocycles. The van der Waals surface area contributed by atoms with Crippen LogP contribution in [0.5, 0.6) is 0 Å². The van der Waals surface area contributed by atoms with Crippen LogP contribution in [0.25, 0.3) is 0 Å². The summed E-state index contributed by atoms with van der Waals surface area (Å²) in [4.78, 5) is 14.1. The van der Waals surface area contributed by atoms with E-state index in [0.29, 0.717) is 6.54 Å². The number of carbonyl (C=O) groups is 1. The fraction of sp³-hybridized carbons (Fsp3) is 0.571. The molecule has 0 aliphatic carbocycles. The first kappa shape index (κ1) is 8.07. The van der Waals surface area contributed by atoms with E-state index in [1.165, 1.54) is 0 Å². The molecule has 0 saturated heterocycles. The van der Waals surface area contributed by atoms with E-state index in [9.17, 15) is 4.79 Å². The van der Waals surface area contributed by atoms with Gasteiger partial charge < -0.3 is 10.0 Å². The second-order valence-corrected chi connectivity index (χ2v) is 2.70. The number of rotatable bonds is 1. The van der Waals surface area contributed by atoms with Crippen molar-refractivity contribution in [2.75, 3.05) is 20.6 Å². The molecule has 0 radical (unpaired) electrons. The molecule has 0 fully saturated rings. The van der Waals surface area contributed by atoms with Crippen molar-refractivity contribution >= 4 is 5.97 Å². The van der Waals surface area contributed by atoms with Crippen LogP contribution in [0.4, 0.5) is 0 Å². The Bertz CT molecular complexity index is 191. The van der Waals surface area contributed by atoms with Gasteiger partial charge in [-0.3, -0.25) is 4.90 Å². The highest BCUT2D eigenvalue weighted by molar-refractivity contribution is 5.73. The van der Waals surface area contributed by atoms with Gasteiger partial charge in [-0.1, -0.05) is 6.08 Å². The van der Waals surface area contributed by atoms with E-state index < -0.39 is 12.1 Å². The lowest BCUT2D eigenvalue weighted by molar-refractivity contribution is -0.148. The molecule has 0 amide bonds. The maximum atomic E-state index is 10.7. The Morgan fingerprint density at radius 2 is 2.27 bits per heavy atom. The highest BCUT2D eigenvalue weighted by Gasteiger charge is 2.26. The van der Waals surface area contributed by atoms with Gasteiger partial charge in [-0.25, -0.2) is 4.79 Å². The summed E-state index contributed by atoms with van der Waals surface area (Å²) in [5.41, 5.74) is 0. The second kappa shape index (κ2) is 2.92. The van der Waals surface area contributed by atoms with E-state index in [2.05, 4.69) is 0 Å². The molecule has 1 N–H and O–H groups in total. The summed E-state index contributed by atoms with van der Waals surface area (Å²) in [5.74, 6) is -0.806. The van der Waals surface area contributed by atoms with E-state index in [1.807, 2.05) is 6.08 Å². The molecule has 0 aromatic carbocycles. The number of hydrogen-bond acceptors (Lipinski definition) is 3. The molecule has 1 unspecified atom stereocenters. The number of carboxylic acid groups (broad SMARTS) is 1. The first-order valence-electron chi connectivity index (χ1n) is 3.44. The largest absolute Gasteiger partial charge is 0.479 e. The van der Waals surface area contributed by atoms with Crippen LogP contribution in [0.2, 0.25) is 0 Å². The van der Waals surface area contributed by atoms with Crippen LogP contribution in [-0.4, -0.2) is 47.7 Å². The van der Waals surface area contributed by atoms with Crippen LogP contribution >= 0.6 is 0 Å². The molecule has 1 heterocycles. The summed E-state index contributed by atoms with van der Waals surface area (Å²) < 4.78 is 0. The zero-order valence-electron chi connectivity index (χ0n) is 6.69. The van der Waals surface area contributed by atoms with Crippen LogP contribution in [0.15, 0.2) is 12.3 Å². The summed E-state index contributed by atoms with van der Waals surface area (Å²) in [6.45, 7) is 0.696. The fourth-order valence-corrected chi connectivity index (χ4v) is 1.23. The van der Waals surface area contributed by atoms with Crippen molar-refractivity contribution in [2.45, 2.75) is 6.17 Å². The van der Waals surface area contributed by atoms with Crippen molar-refractivity contribution in [2.24, 2.45) is 0 Å². The van der Waals surface area contributed by atoms with Gasteiger partial charge >= 0.3 is 5.97 Å². The summed E-state index contributed by atoms with van der Waals surface area (Å²) >= 11 is 0. The molecule has 1 rings (SSSR count). The van der Waals surface area contributed by atoms with E-state index in [1.54, 1.807) is 30.1 Å². The number of hydrogen-bond donors (Lipinski definition) is 1. The van der Waals surface area contributed by atoms with E-state index in [0.717, 1.165) is 0 Å². The van der Waals surface area contributed by atoms with Gasteiger partial charge in [0.2, 0.25) is 0 Å². The van der Waals surface area contributed by atoms with Gasteiger partial charge in [0, 0.05) is 13.6 Å². The number of aliphatic carboxylic acids is 1. The number of nitrogens with zero attached hydrogens (tertiary/aromatic N) is 2. The third-order valence-corrected chi connectivity index (χ3v) is 1.76. The number of likely N-dealkylation sites (N-methyl/N-ethyl adjacent to an activating group) is 2. The third kappa shape index (κ3) is 1.51. The highest BCUT2D eigenvalue weighted by atomic mass is 16.4. The van der Waals surface area contributed by atoms with Crippen LogP contribution in [-0.2, 0) is 4.79 Å². The minimum atomic E-state index is -0.806. The zero-order chi connectivity index (χ0) is 8.43. The third-order valence-electron chi connectivity index (χ3n) is 1.76. The molecule has 1 atom stereocenters. The Balaban J connectivity index is 2.74. The van der Waals surface area contributed by atoms with Gasteiger partial charge in [-0.05, 0) is 13.2 Å². The predicted octanol–water partition coefficient (Wildman–Crippen LogP) is -0.212. The van der Waals surface area contributed by atoms with Gasteiger partial charge in [-0.15, -0.1) is 0 Å². The smallest absolute Gasteiger partial charge is 0.341 e. The molecule has 0 bridgehead atoms. The van der Waals surface area contributed by atoms with Crippen molar-refractivity contribution in [1.82, 2.24) is 9.80 Å². The van der Waals surface area contributed by atoms with Crippen LogP contribution in [0.3, 0.4) is 0 Å². The Kier molecular flexibility index (Phi) is 2.14. The van der Waals surface area contributed by atoms with E-state index in [4.69, 9.17) is 5.11 Å². The maximum Gasteiger partial charge on any atom is 0.341 e. The van der Waals surface area contributed by atoms with Crippen LogP contribution in [0, 0.1) is 0 Å². The minimum absolute atomic E-state index is 0.514. The molecular formula is C7H12N2O2. The molecule has 4 heteroatoms. The van der Waals surface area contributed by atoms with Crippen molar-refractivity contribution in [1.29, 1.82) is 0 Å². The fourth-order valence-electron chi connectivity index (χ4n) is 1.23. The molecule has 0 saturated carbocycles. The van der Waals surface area contributed by atoms with Crippen LogP contribution in [0.1, 0.15) is 0 Å². The van der Waals surface area contributed by atoms with Crippen LogP contribution < -0.4 is 0 Å². The molecule has 1 aliphatic rings. The van der Waals surface area contributed by atoms with Gasteiger partial charge in [0.25, 0.3) is 0 Å². The summed E-state index contributed by atoms with van der Waals surface area (Å²) in [7, 11) is 3.55. The summed E-state index contributed by atoms with van der Waals surface area (Å²) in [6, 6.07) is 0. The average Bonchev–Trinajstić information content (AvgIpc) is 1.85. The van der Waals surface area contributed by atoms with E-state index >= 15 is 0 Å². The Hall–Kier alpha value is -1.03. The van der Waals surface area contributed by atoms with E-state index in [-0.39, 0.29) is 0 Å². The first-order valence-corrected chi connectivity index (χ1v) is 3.44. The van der Waals surface area contributed by atoms with Gasteiger partial charge in [-0.2, -0.15) is 0 Å². The Morgan fingerprint density at radius 3 is 2.64 bits per heavy atom. The standard InChI is InChI=1S/C7H12N2O2/c1-8-4-3-5-9(2)6(8)7(10)11/h3-4,6H,5H2,1-2H3,(H,10,11). The summed E-state index contributed by atoms with van der Waals surface area (Å²) in [5, 5.41) is 8.76. The lowest BCUT2D eigenvalue weighted by atomic mass is 10.3. The number of carboxylic acids is 1. The second-order valence-electron chi connectivity index (χ2n) is 2.70. The maximum absolute atomic E-state index is 10.7. The van der Waals surface area contributed by atoms with Crippen molar-refractivity contribution in [3.05, 3.63) is 12.3 Å². The monoisotopic (exact) mass is 156 g/mol. The quantitative estimate of drug-likeness (QED) is 0.570. The van der Waals surface area contributed by atoms with Crippen molar-refractivity contribution in [3.8, 4) is 0 Å². The molecular weight excluding hydrogens is 144 g/mol.